The van der Waals surface area contributed by atoms with E-state index in [1.54, 1.807) is 23.9 Å². The lowest BCUT2D eigenvalue weighted by atomic mass is 10.4. The zero-order valence-electron chi connectivity index (χ0n) is 12.7. The highest BCUT2D eigenvalue weighted by Gasteiger charge is 1.98. The van der Waals surface area contributed by atoms with Gasteiger partial charge >= 0.3 is 0 Å². The summed E-state index contributed by atoms with van der Waals surface area (Å²) in [5, 5.41) is 6.46. The minimum atomic E-state index is -0.201. The highest BCUT2D eigenvalue weighted by Crippen LogP contribution is 2.17. The second-order valence-corrected chi connectivity index (χ2v) is 5.36. The normalized spacial score (nSPS) is 11.5. The molecule has 118 valence electrons. The van der Waals surface area contributed by atoms with Crippen LogP contribution in [0.1, 0.15) is 13.8 Å². The summed E-state index contributed by atoms with van der Waals surface area (Å²) in [6, 6.07) is 6.55. The second kappa shape index (κ2) is 11.4. The lowest BCUT2D eigenvalue weighted by molar-refractivity contribution is 0.155. The van der Waals surface area contributed by atoms with Crippen molar-refractivity contribution in [1.82, 2.24) is 10.6 Å². The number of benzene rings is 1. The highest BCUT2D eigenvalue weighted by atomic mass is 32.2. The van der Waals surface area contributed by atoms with Crippen LogP contribution in [0.5, 0.6) is 0 Å². The number of aliphatic imine (C=N–C) groups is 1. The van der Waals surface area contributed by atoms with Crippen LogP contribution in [0.25, 0.3) is 0 Å². The number of thioether (sulfide) groups is 1. The Kier molecular flexibility index (Phi) is 9.65. The molecule has 0 atom stereocenters. The number of nitrogens with zero attached hydrogens (tertiary/aromatic N) is 1. The molecular weight excluding hydrogens is 289 g/mol. The van der Waals surface area contributed by atoms with E-state index in [0.717, 1.165) is 29.7 Å². The fourth-order valence-electron chi connectivity index (χ4n) is 1.58. The standard InChI is InChI=1S/C15H24FN3OS/c1-3-17-15(18-9-11-20-4-2)19-10-12-21-14-7-5-13(16)6-8-14/h5-8H,3-4,9-12H2,1-2H3,(H2,17,18,19). The molecule has 0 spiro atoms. The van der Waals surface area contributed by atoms with Crippen LogP contribution in [0.2, 0.25) is 0 Å². The summed E-state index contributed by atoms with van der Waals surface area (Å²) in [6.45, 7) is 7.63. The Morgan fingerprint density at radius 3 is 2.67 bits per heavy atom. The van der Waals surface area contributed by atoms with Crippen LogP contribution >= 0.6 is 11.8 Å². The van der Waals surface area contributed by atoms with Gasteiger partial charge in [-0.2, -0.15) is 0 Å². The fraction of sp³-hybridized carbons (Fsp3) is 0.533. The smallest absolute Gasteiger partial charge is 0.191 e. The van der Waals surface area contributed by atoms with Crippen molar-refractivity contribution in [1.29, 1.82) is 0 Å². The van der Waals surface area contributed by atoms with Gasteiger partial charge in [0.2, 0.25) is 0 Å². The third kappa shape index (κ3) is 8.57. The van der Waals surface area contributed by atoms with Gasteiger partial charge in [0, 0.05) is 30.3 Å². The van der Waals surface area contributed by atoms with Crippen LogP contribution < -0.4 is 10.6 Å². The number of nitrogens with one attached hydrogen (secondary N) is 2. The van der Waals surface area contributed by atoms with E-state index in [4.69, 9.17) is 4.74 Å². The summed E-state index contributed by atoms with van der Waals surface area (Å²) in [5.74, 6) is 1.49. The molecule has 0 radical (unpaired) electrons. The summed E-state index contributed by atoms with van der Waals surface area (Å²) in [5.41, 5.74) is 0. The van der Waals surface area contributed by atoms with Crippen LogP contribution in [-0.2, 0) is 4.74 Å². The fourth-order valence-corrected chi connectivity index (χ4v) is 2.35. The molecule has 0 fully saturated rings. The Bertz CT molecular complexity index is 412. The Labute approximate surface area is 130 Å². The van der Waals surface area contributed by atoms with Crippen molar-refractivity contribution in [2.75, 3.05) is 38.6 Å². The van der Waals surface area contributed by atoms with Gasteiger partial charge in [-0.25, -0.2) is 4.39 Å². The summed E-state index contributed by atoms with van der Waals surface area (Å²) >= 11 is 1.68. The first-order valence-corrected chi connectivity index (χ1v) is 8.23. The third-order valence-corrected chi connectivity index (χ3v) is 3.54. The third-order valence-electron chi connectivity index (χ3n) is 2.53. The van der Waals surface area contributed by atoms with E-state index < -0.39 is 0 Å². The van der Waals surface area contributed by atoms with Crippen molar-refractivity contribution < 1.29 is 9.13 Å². The van der Waals surface area contributed by atoms with Crippen molar-refractivity contribution in [3.63, 3.8) is 0 Å². The monoisotopic (exact) mass is 313 g/mol. The van der Waals surface area contributed by atoms with Gasteiger partial charge in [-0.05, 0) is 38.1 Å². The SMILES string of the molecule is CCNC(=NCCOCC)NCCSc1ccc(F)cc1. The number of hydrogen-bond acceptors (Lipinski definition) is 3. The molecule has 0 aliphatic carbocycles. The van der Waals surface area contributed by atoms with Crippen LogP contribution in [0.3, 0.4) is 0 Å². The van der Waals surface area contributed by atoms with Crippen LogP contribution in [0.4, 0.5) is 4.39 Å². The van der Waals surface area contributed by atoms with Gasteiger partial charge in [-0.1, -0.05) is 0 Å². The number of hydrogen-bond donors (Lipinski definition) is 2. The predicted octanol–water partition coefficient (Wildman–Crippen LogP) is 2.51. The van der Waals surface area contributed by atoms with E-state index in [2.05, 4.69) is 15.6 Å². The number of ether oxygens (including phenoxy) is 1. The van der Waals surface area contributed by atoms with Gasteiger partial charge in [0.1, 0.15) is 5.82 Å². The van der Waals surface area contributed by atoms with E-state index in [0.29, 0.717) is 19.8 Å². The first kappa shape index (κ1) is 17.8. The maximum Gasteiger partial charge on any atom is 0.191 e. The largest absolute Gasteiger partial charge is 0.380 e. The molecule has 1 aromatic carbocycles. The highest BCUT2D eigenvalue weighted by molar-refractivity contribution is 7.99. The van der Waals surface area contributed by atoms with Gasteiger partial charge in [-0.15, -0.1) is 11.8 Å². The summed E-state index contributed by atoms with van der Waals surface area (Å²) in [7, 11) is 0. The minimum absolute atomic E-state index is 0.201. The van der Waals surface area contributed by atoms with Crippen molar-refractivity contribution in [2.24, 2.45) is 4.99 Å². The van der Waals surface area contributed by atoms with E-state index in [9.17, 15) is 4.39 Å². The summed E-state index contributed by atoms with van der Waals surface area (Å²) < 4.78 is 18.0. The Hall–Kier alpha value is -1.27. The van der Waals surface area contributed by atoms with Crippen LogP contribution in [0, 0.1) is 5.82 Å². The van der Waals surface area contributed by atoms with E-state index >= 15 is 0 Å². The maximum absolute atomic E-state index is 12.8. The lowest BCUT2D eigenvalue weighted by Gasteiger charge is -2.11. The molecule has 21 heavy (non-hydrogen) atoms. The number of guanidine groups is 1. The van der Waals surface area contributed by atoms with Gasteiger partial charge in [0.25, 0.3) is 0 Å². The minimum Gasteiger partial charge on any atom is -0.380 e. The molecule has 1 rings (SSSR count). The average molecular weight is 313 g/mol. The molecule has 0 heterocycles. The molecule has 1 aromatic rings. The van der Waals surface area contributed by atoms with E-state index in [-0.39, 0.29) is 5.82 Å². The summed E-state index contributed by atoms with van der Waals surface area (Å²) in [4.78, 5) is 5.48. The molecule has 0 aliphatic heterocycles. The quantitative estimate of drug-likeness (QED) is 0.318. The van der Waals surface area contributed by atoms with Crippen LogP contribution in [0.15, 0.2) is 34.2 Å². The molecule has 2 N–H and O–H groups in total. The lowest BCUT2D eigenvalue weighted by Crippen LogP contribution is -2.38. The maximum atomic E-state index is 12.8. The van der Waals surface area contributed by atoms with Crippen molar-refractivity contribution in [3.05, 3.63) is 30.1 Å². The molecule has 0 saturated carbocycles. The first-order chi connectivity index (χ1) is 10.3. The Morgan fingerprint density at radius 1 is 1.24 bits per heavy atom. The average Bonchev–Trinajstić information content (AvgIpc) is 2.49. The van der Waals surface area contributed by atoms with Gasteiger partial charge in [0.05, 0.1) is 13.2 Å². The van der Waals surface area contributed by atoms with Crippen LogP contribution in [-0.4, -0.2) is 44.6 Å². The molecule has 0 amide bonds. The van der Waals surface area contributed by atoms with Crippen molar-refractivity contribution in [2.45, 2.75) is 18.7 Å². The predicted molar refractivity (Wildman–Crippen MR) is 87.6 cm³/mol. The molecule has 0 bridgehead atoms. The molecule has 6 heteroatoms. The molecule has 4 nitrogen and oxygen atoms in total. The topological polar surface area (TPSA) is 45.7 Å². The zero-order chi connectivity index (χ0) is 15.3. The second-order valence-electron chi connectivity index (χ2n) is 4.19. The first-order valence-electron chi connectivity index (χ1n) is 7.24. The molecular formula is C15H24FN3OS. The Balaban J connectivity index is 2.24. The number of rotatable bonds is 9. The van der Waals surface area contributed by atoms with Gasteiger partial charge < -0.3 is 15.4 Å². The zero-order valence-corrected chi connectivity index (χ0v) is 13.5. The van der Waals surface area contributed by atoms with E-state index in [1.165, 1.54) is 12.1 Å². The molecule has 0 aliphatic rings. The van der Waals surface area contributed by atoms with E-state index in [1.807, 2.05) is 13.8 Å². The molecule has 0 saturated heterocycles. The Morgan fingerprint density at radius 2 is 2.00 bits per heavy atom. The molecule has 0 aromatic heterocycles. The summed E-state index contributed by atoms with van der Waals surface area (Å²) in [6.07, 6.45) is 0. The van der Waals surface area contributed by atoms with Crippen molar-refractivity contribution >= 4 is 17.7 Å². The van der Waals surface area contributed by atoms with Crippen molar-refractivity contribution in [3.8, 4) is 0 Å². The number of halogens is 1. The molecule has 0 unspecified atom stereocenters. The van der Waals surface area contributed by atoms with Gasteiger partial charge in [0.15, 0.2) is 5.96 Å². The van der Waals surface area contributed by atoms with Gasteiger partial charge in [-0.3, -0.25) is 4.99 Å².